The zero-order valence-electron chi connectivity index (χ0n) is 15.8. The van der Waals surface area contributed by atoms with Gasteiger partial charge in [-0.05, 0) is 61.0 Å². The molecule has 0 aromatic heterocycles. The number of ether oxygens (including phenoxy) is 2. The minimum absolute atomic E-state index is 0.0149. The molecule has 1 fully saturated rings. The molecule has 0 bridgehead atoms. The number of methoxy groups -OCH3 is 1. The van der Waals surface area contributed by atoms with Crippen LogP contribution in [0.15, 0.2) is 47.4 Å². The molecular formula is C21H20ClNO4S. The molecule has 0 unspecified atom stereocenters. The Morgan fingerprint density at radius 1 is 1.14 bits per heavy atom. The SMILES string of the molecule is COc1cc(/C=C2\SC(=O)N(Cc3ccccc3Cl)C2=O)ccc1OC(C)C. The van der Waals surface area contributed by atoms with E-state index in [1.54, 1.807) is 43.5 Å². The second kappa shape index (κ2) is 8.71. The van der Waals surface area contributed by atoms with E-state index in [1.165, 1.54) is 4.90 Å². The maximum Gasteiger partial charge on any atom is 0.293 e. The molecule has 2 aromatic rings. The van der Waals surface area contributed by atoms with Gasteiger partial charge in [0.25, 0.3) is 11.1 Å². The van der Waals surface area contributed by atoms with E-state index in [0.29, 0.717) is 21.4 Å². The van der Waals surface area contributed by atoms with Crippen molar-refractivity contribution in [2.75, 3.05) is 7.11 Å². The predicted octanol–water partition coefficient (Wildman–Crippen LogP) is 5.37. The average molecular weight is 418 g/mol. The van der Waals surface area contributed by atoms with Gasteiger partial charge in [0.1, 0.15) is 0 Å². The number of thioether (sulfide) groups is 1. The average Bonchev–Trinajstić information content (AvgIpc) is 2.91. The highest BCUT2D eigenvalue weighted by Crippen LogP contribution is 2.36. The van der Waals surface area contributed by atoms with E-state index >= 15 is 0 Å². The third-order valence-corrected chi connectivity index (χ3v) is 5.28. The van der Waals surface area contributed by atoms with Crippen LogP contribution in [0.2, 0.25) is 5.02 Å². The Kier molecular flexibility index (Phi) is 6.31. The van der Waals surface area contributed by atoms with Gasteiger partial charge in [-0.25, -0.2) is 0 Å². The minimum Gasteiger partial charge on any atom is -0.493 e. The summed E-state index contributed by atoms with van der Waals surface area (Å²) in [7, 11) is 1.56. The zero-order valence-corrected chi connectivity index (χ0v) is 17.3. The third-order valence-electron chi connectivity index (χ3n) is 4.01. The van der Waals surface area contributed by atoms with Gasteiger partial charge in [-0.1, -0.05) is 35.9 Å². The molecule has 2 amide bonds. The summed E-state index contributed by atoms with van der Waals surface area (Å²) in [5.41, 5.74) is 1.47. The van der Waals surface area contributed by atoms with Crippen LogP contribution in [-0.2, 0) is 11.3 Å². The molecule has 0 saturated carbocycles. The Bertz CT molecular complexity index is 942. The monoisotopic (exact) mass is 417 g/mol. The number of hydrogen-bond donors (Lipinski definition) is 0. The van der Waals surface area contributed by atoms with E-state index in [9.17, 15) is 9.59 Å². The highest BCUT2D eigenvalue weighted by atomic mass is 35.5. The van der Waals surface area contributed by atoms with Gasteiger partial charge in [0.2, 0.25) is 0 Å². The van der Waals surface area contributed by atoms with E-state index < -0.39 is 0 Å². The Labute approximate surface area is 173 Å². The number of rotatable bonds is 6. The van der Waals surface area contributed by atoms with Crippen molar-refractivity contribution in [2.24, 2.45) is 0 Å². The smallest absolute Gasteiger partial charge is 0.293 e. The minimum atomic E-state index is -0.337. The summed E-state index contributed by atoms with van der Waals surface area (Å²) < 4.78 is 11.1. The van der Waals surface area contributed by atoms with Gasteiger partial charge >= 0.3 is 0 Å². The van der Waals surface area contributed by atoms with Crippen molar-refractivity contribution in [2.45, 2.75) is 26.5 Å². The number of carbonyl (C=O) groups excluding carboxylic acids is 2. The van der Waals surface area contributed by atoms with Gasteiger partial charge in [0, 0.05) is 5.02 Å². The van der Waals surface area contributed by atoms with Gasteiger partial charge in [-0.2, -0.15) is 0 Å². The quantitative estimate of drug-likeness (QED) is 0.591. The van der Waals surface area contributed by atoms with Crippen molar-refractivity contribution >= 4 is 40.6 Å². The van der Waals surface area contributed by atoms with Gasteiger partial charge < -0.3 is 9.47 Å². The van der Waals surface area contributed by atoms with Crippen molar-refractivity contribution in [3.8, 4) is 11.5 Å². The van der Waals surface area contributed by atoms with Gasteiger partial charge in [0.05, 0.1) is 24.7 Å². The highest BCUT2D eigenvalue weighted by Gasteiger charge is 2.35. The fraction of sp³-hybridized carbons (Fsp3) is 0.238. The molecular weight excluding hydrogens is 398 g/mol. The van der Waals surface area contributed by atoms with E-state index in [0.717, 1.165) is 22.9 Å². The summed E-state index contributed by atoms with van der Waals surface area (Å²) in [4.78, 5) is 26.6. The lowest BCUT2D eigenvalue weighted by Crippen LogP contribution is -2.27. The van der Waals surface area contributed by atoms with Crippen LogP contribution >= 0.6 is 23.4 Å². The summed E-state index contributed by atoms with van der Waals surface area (Å²) >= 11 is 7.07. The molecule has 3 rings (SSSR count). The summed E-state index contributed by atoms with van der Waals surface area (Å²) in [6.45, 7) is 4.01. The summed E-state index contributed by atoms with van der Waals surface area (Å²) in [6.07, 6.45) is 1.69. The number of benzene rings is 2. The predicted molar refractivity (Wildman–Crippen MR) is 112 cm³/mol. The molecule has 5 nitrogen and oxygen atoms in total. The number of halogens is 1. The molecule has 1 heterocycles. The van der Waals surface area contributed by atoms with Crippen LogP contribution in [0.1, 0.15) is 25.0 Å². The molecule has 0 spiro atoms. The van der Waals surface area contributed by atoms with Gasteiger partial charge in [-0.15, -0.1) is 0 Å². The third kappa shape index (κ3) is 4.51. The van der Waals surface area contributed by atoms with Crippen LogP contribution in [0.25, 0.3) is 6.08 Å². The topological polar surface area (TPSA) is 55.8 Å². The molecule has 0 atom stereocenters. The van der Waals surface area contributed by atoms with Gasteiger partial charge in [0.15, 0.2) is 11.5 Å². The summed E-state index contributed by atoms with van der Waals surface area (Å²) in [6, 6.07) is 12.6. The first-order valence-electron chi connectivity index (χ1n) is 8.72. The van der Waals surface area contributed by atoms with Crippen LogP contribution in [0.3, 0.4) is 0 Å². The fourth-order valence-corrected chi connectivity index (χ4v) is 3.74. The lowest BCUT2D eigenvalue weighted by molar-refractivity contribution is -0.123. The fourth-order valence-electron chi connectivity index (χ4n) is 2.71. The first-order chi connectivity index (χ1) is 13.4. The molecule has 7 heteroatoms. The molecule has 146 valence electrons. The van der Waals surface area contributed by atoms with Crippen LogP contribution in [-0.4, -0.2) is 29.3 Å². The van der Waals surface area contributed by atoms with Crippen molar-refractivity contribution in [1.82, 2.24) is 4.90 Å². The Morgan fingerprint density at radius 2 is 1.89 bits per heavy atom. The summed E-state index contributed by atoms with van der Waals surface area (Å²) in [5.74, 6) is 0.857. The standard InChI is InChI=1S/C21H20ClNO4S/c1-13(2)27-17-9-8-14(10-18(17)26-3)11-19-20(24)23(21(25)28-19)12-15-6-4-5-7-16(15)22/h4-11,13H,12H2,1-3H3/b19-11-. The van der Waals surface area contributed by atoms with E-state index in [4.69, 9.17) is 21.1 Å². The van der Waals surface area contributed by atoms with Gasteiger partial charge in [-0.3, -0.25) is 14.5 Å². The summed E-state index contributed by atoms with van der Waals surface area (Å²) in [5, 5.41) is 0.207. The lowest BCUT2D eigenvalue weighted by Gasteiger charge is -2.14. The molecule has 0 aliphatic carbocycles. The number of amides is 2. The normalized spacial score (nSPS) is 15.6. The number of nitrogens with zero attached hydrogens (tertiary/aromatic N) is 1. The second-order valence-corrected chi connectivity index (χ2v) is 7.84. The van der Waals surface area contributed by atoms with Crippen molar-refractivity contribution < 1.29 is 19.1 Å². The van der Waals surface area contributed by atoms with E-state index in [2.05, 4.69) is 0 Å². The van der Waals surface area contributed by atoms with Crippen molar-refractivity contribution in [1.29, 1.82) is 0 Å². The maximum atomic E-state index is 12.7. The van der Waals surface area contributed by atoms with Crippen LogP contribution < -0.4 is 9.47 Å². The van der Waals surface area contributed by atoms with E-state index in [1.807, 2.05) is 26.0 Å². The molecule has 28 heavy (non-hydrogen) atoms. The van der Waals surface area contributed by atoms with E-state index in [-0.39, 0.29) is 23.8 Å². The Hall–Kier alpha value is -2.44. The molecule has 2 aromatic carbocycles. The van der Waals surface area contributed by atoms with Crippen LogP contribution in [0.5, 0.6) is 11.5 Å². The first-order valence-corrected chi connectivity index (χ1v) is 9.92. The Balaban J connectivity index is 1.82. The van der Waals surface area contributed by atoms with Crippen LogP contribution in [0, 0.1) is 0 Å². The molecule has 1 aliphatic heterocycles. The number of imide groups is 1. The molecule has 1 saturated heterocycles. The first kappa shape index (κ1) is 20.3. The van der Waals surface area contributed by atoms with Crippen molar-refractivity contribution in [3.05, 3.63) is 63.5 Å². The van der Waals surface area contributed by atoms with Crippen molar-refractivity contribution in [3.63, 3.8) is 0 Å². The molecule has 0 N–H and O–H groups in total. The Morgan fingerprint density at radius 3 is 2.57 bits per heavy atom. The molecule has 1 aliphatic rings. The molecule has 0 radical (unpaired) electrons. The highest BCUT2D eigenvalue weighted by molar-refractivity contribution is 8.18. The van der Waals surface area contributed by atoms with Crippen LogP contribution in [0.4, 0.5) is 4.79 Å². The zero-order chi connectivity index (χ0) is 20.3. The number of carbonyl (C=O) groups is 2. The number of hydrogen-bond acceptors (Lipinski definition) is 5. The maximum absolute atomic E-state index is 12.7. The second-order valence-electron chi connectivity index (χ2n) is 6.44. The largest absolute Gasteiger partial charge is 0.493 e. The lowest BCUT2D eigenvalue weighted by atomic mass is 10.1.